The number of methoxy groups -OCH3 is 1. The maximum atomic E-state index is 13.5. The van der Waals surface area contributed by atoms with Crippen LogP contribution in [-0.2, 0) is 20.7 Å². The number of carbonyl (C=O) groups is 3. The lowest BCUT2D eigenvalue weighted by molar-refractivity contribution is -0.140. The Morgan fingerprint density at radius 3 is 2.48 bits per heavy atom. The minimum absolute atomic E-state index is 0.0210. The number of imide groups is 1. The van der Waals surface area contributed by atoms with Crippen molar-refractivity contribution < 1.29 is 19.1 Å². The van der Waals surface area contributed by atoms with Gasteiger partial charge in [-0.05, 0) is 70.9 Å². The molecule has 44 heavy (non-hydrogen) atoms. The van der Waals surface area contributed by atoms with Crippen LogP contribution in [0, 0.1) is 13.8 Å². The van der Waals surface area contributed by atoms with Crippen molar-refractivity contribution in [2.24, 2.45) is 0 Å². The fourth-order valence-electron chi connectivity index (χ4n) is 5.97. The first-order valence-corrected chi connectivity index (χ1v) is 15.6. The molecule has 2 saturated heterocycles. The van der Waals surface area contributed by atoms with Gasteiger partial charge in [-0.15, -0.1) is 5.10 Å². The standard InChI is InChI=1S/C32H40BrN7O4/c1-20-8-11-26(44-7)24(16-20)32(6)29(42)39(30(43)34-32)19-28(41)37-12-14-38(15-13-37)31(4,5)27-18-40(36-35-27)22(3)23-9-10-25(33)21(2)17-23/h8-11,16-18,22H,12-15,19H2,1-7H3,(H,34,43)/t22-,32?/m0/s1. The number of carbonyl (C=O) groups excluding carboxylic acids is 3. The molecule has 3 heterocycles. The minimum atomic E-state index is -1.33. The third-order valence-corrected chi connectivity index (χ3v) is 9.97. The van der Waals surface area contributed by atoms with Gasteiger partial charge in [0.1, 0.15) is 23.5 Å². The van der Waals surface area contributed by atoms with E-state index in [9.17, 15) is 14.4 Å². The maximum Gasteiger partial charge on any atom is 0.325 e. The number of amides is 4. The number of hydrogen-bond donors (Lipinski definition) is 1. The summed E-state index contributed by atoms with van der Waals surface area (Å²) in [6.07, 6.45) is 2.00. The van der Waals surface area contributed by atoms with E-state index in [0.29, 0.717) is 37.5 Å². The number of halogens is 1. The molecule has 12 heteroatoms. The Hall–Kier alpha value is -3.77. The van der Waals surface area contributed by atoms with Gasteiger partial charge in [-0.2, -0.15) is 0 Å². The van der Waals surface area contributed by atoms with Crippen molar-refractivity contribution in [1.29, 1.82) is 0 Å². The van der Waals surface area contributed by atoms with Gasteiger partial charge in [0.25, 0.3) is 5.91 Å². The molecule has 234 valence electrons. The zero-order chi connectivity index (χ0) is 32.0. The predicted molar refractivity (Wildman–Crippen MR) is 169 cm³/mol. The van der Waals surface area contributed by atoms with E-state index in [4.69, 9.17) is 4.74 Å². The lowest BCUT2D eigenvalue weighted by Gasteiger charge is -2.43. The highest BCUT2D eigenvalue weighted by Gasteiger charge is 2.51. The monoisotopic (exact) mass is 665 g/mol. The smallest absolute Gasteiger partial charge is 0.325 e. The molecule has 0 radical (unpaired) electrons. The van der Waals surface area contributed by atoms with Crippen LogP contribution in [0.25, 0.3) is 0 Å². The molecule has 2 aliphatic rings. The Kier molecular flexibility index (Phi) is 8.60. The van der Waals surface area contributed by atoms with Crippen LogP contribution in [0.5, 0.6) is 5.75 Å². The van der Waals surface area contributed by atoms with Crippen LogP contribution in [0.15, 0.2) is 47.1 Å². The molecular formula is C32H40BrN7O4. The number of aromatic nitrogens is 3. The first kappa shape index (κ1) is 31.6. The van der Waals surface area contributed by atoms with E-state index < -0.39 is 23.0 Å². The van der Waals surface area contributed by atoms with Gasteiger partial charge in [-0.1, -0.05) is 44.9 Å². The fraction of sp³-hybridized carbons (Fsp3) is 0.469. The number of nitrogens with zero attached hydrogens (tertiary/aromatic N) is 6. The molecule has 0 bridgehead atoms. The molecule has 0 saturated carbocycles. The zero-order valence-electron chi connectivity index (χ0n) is 26.3. The van der Waals surface area contributed by atoms with Crippen molar-refractivity contribution in [3.63, 3.8) is 0 Å². The highest BCUT2D eigenvalue weighted by molar-refractivity contribution is 9.10. The summed E-state index contributed by atoms with van der Waals surface area (Å²) in [5.74, 6) is -0.248. The molecule has 2 aromatic carbocycles. The van der Waals surface area contributed by atoms with Crippen molar-refractivity contribution >= 4 is 33.8 Å². The molecule has 2 fully saturated rings. The molecule has 3 aromatic rings. The largest absolute Gasteiger partial charge is 0.496 e. The van der Waals surface area contributed by atoms with Gasteiger partial charge in [0.05, 0.1) is 24.9 Å². The Balaban J connectivity index is 1.21. The quantitative estimate of drug-likeness (QED) is 0.360. The van der Waals surface area contributed by atoms with Crippen LogP contribution < -0.4 is 10.1 Å². The summed E-state index contributed by atoms with van der Waals surface area (Å²) < 4.78 is 8.43. The number of ether oxygens (including phenoxy) is 1. The predicted octanol–water partition coefficient (Wildman–Crippen LogP) is 4.12. The first-order valence-electron chi connectivity index (χ1n) is 14.8. The second-order valence-corrected chi connectivity index (χ2v) is 13.2. The lowest BCUT2D eigenvalue weighted by Crippen LogP contribution is -2.56. The number of piperazine rings is 1. The second-order valence-electron chi connectivity index (χ2n) is 12.3. The third kappa shape index (κ3) is 5.72. The summed E-state index contributed by atoms with van der Waals surface area (Å²) in [7, 11) is 1.52. The summed E-state index contributed by atoms with van der Waals surface area (Å²) in [5.41, 5.74) is 2.90. The van der Waals surface area contributed by atoms with Gasteiger partial charge in [-0.25, -0.2) is 9.48 Å². The maximum absolute atomic E-state index is 13.5. The van der Waals surface area contributed by atoms with Gasteiger partial charge in [-0.3, -0.25) is 19.4 Å². The fourth-order valence-corrected chi connectivity index (χ4v) is 6.22. The van der Waals surface area contributed by atoms with Crippen molar-refractivity contribution in [2.45, 2.75) is 58.7 Å². The van der Waals surface area contributed by atoms with E-state index >= 15 is 0 Å². The van der Waals surface area contributed by atoms with Crippen molar-refractivity contribution in [3.05, 3.63) is 75.0 Å². The number of hydrogen-bond acceptors (Lipinski definition) is 7. The Morgan fingerprint density at radius 2 is 1.82 bits per heavy atom. The Bertz CT molecular complexity index is 1600. The molecule has 11 nitrogen and oxygen atoms in total. The minimum Gasteiger partial charge on any atom is -0.496 e. The molecule has 2 atom stereocenters. The van der Waals surface area contributed by atoms with Crippen molar-refractivity contribution in [3.8, 4) is 5.75 Å². The number of urea groups is 1. The van der Waals surface area contributed by atoms with Gasteiger partial charge >= 0.3 is 6.03 Å². The Morgan fingerprint density at radius 1 is 1.11 bits per heavy atom. The molecule has 1 N–H and O–H groups in total. The van der Waals surface area contributed by atoms with E-state index in [-0.39, 0.29) is 18.5 Å². The number of aryl methyl sites for hydroxylation is 2. The average Bonchev–Trinajstić information content (AvgIpc) is 3.59. The van der Waals surface area contributed by atoms with E-state index in [1.165, 1.54) is 7.11 Å². The highest BCUT2D eigenvalue weighted by atomic mass is 79.9. The lowest BCUT2D eigenvalue weighted by atomic mass is 9.90. The average molecular weight is 667 g/mol. The summed E-state index contributed by atoms with van der Waals surface area (Å²) >= 11 is 3.57. The van der Waals surface area contributed by atoms with E-state index in [2.05, 4.69) is 82.4 Å². The molecule has 2 aliphatic heterocycles. The number of rotatable bonds is 8. The highest BCUT2D eigenvalue weighted by Crippen LogP contribution is 2.36. The SMILES string of the molecule is COc1ccc(C)cc1C1(C)NC(=O)N(CC(=O)N2CCN(C(C)(C)c3cn([C@@H](C)c4ccc(Br)c(C)c4)nn3)CC2)C1=O. The molecule has 0 spiro atoms. The Labute approximate surface area is 266 Å². The van der Waals surface area contributed by atoms with Gasteiger partial charge in [0.15, 0.2) is 0 Å². The summed E-state index contributed by atoms with van der Waals surface area (Å²) in [6, 6.07) is 11.2. The third-order valence-electron chi connectivity index (χ3n) is 9.08. The van der Waals surface area contributed by atoms with E-state index in [0.717, 1.165) is 31.8 Å². The second kappa shape index (κ2) is 12.0. The van der Waals surface area contributed by atoms with Gasteiger partial charge < -0.3 is 15.0 Å². The van der Waals surface area contributed by atoms with Crippen molar-refractivity contribution in [2.75, 3.05) is 39.8 Å². The topological polar surface area (TPSA) is 113 Å². The molecule has 4 amide bonds. The van der Waals surface area contributed by atoms with Crippen LogP contribution in [0.4, 0.5) is 4.79 Å². The van der Waals surface area contributed by atoms with E-state index in [1.807, 2.05) is 29.9 Å². The van der Waals surface area contributed by atoms with Crippen LogP contribution in [0.2, 0.25) is 0 Å². The normalized spacial score (nSPS) is 20.2. The first-order chi connectivity index (χ1) is 20.8. The molecule has 0 aliphatic carbocycles. The number of benzene rings is 2. The van der Waals surface area contributed by atoms with Crippen LogP contribution in [-0.4, -0.2) is 87.4 Å². The van der Waals surface area contributed by atoms with Crippen molar-refractivity contribution in [1.82, 2.24) is 35.0 Å². The zero-order valence-corrected chi connectivity index (χ0v) is 27.9. The molecule has 1 aromatic heterocycles. The van der Waals surface area contributed by atoms with Crippen LogP contribution >= 0.6 is 15.9 Å². The summed E-state index contributed by atoms with van der Waals surface area (Å²) in [5, 5.41) is 11.8. The van der Waals surface area contributed by atoms with E-state index in [1.54, 1.807) is 17.9 Å². The summed E-state index contributed by atoms with van der Waals surface area (Å²) in [6.45, 7) is 13.8. The van der Waals surface area contributed by atoms with Crippen LogP contribution in [0.1, 0.15) is 61.7 Å². The summed E-state index contributed by atoms with van der Waals surface area (Å²) in [4.78, 5) is 44.8. The van der Waals surface area contributed by atoms with Gasteiger partial charge in [0.2, 0.25) is 5.91 Å². The van der Waals surface area contributed by atoms with Crippen LogP contribution in [0.3, 0.4) is 0 Å². The molecule has 5 rings (SSSR count). The molecule has 1 unspecified atom stereocenters. The molecular weight excluding hydrogens is 626 g/mol. The van der Waals surface area contributed by atoms with Gasteiger partial charge in [0, 0.05) is 36.2 Å². The number of nitrogens with one attached hydrogen (secondary N) is 1.